The van der Waals surface area contributed by atoms with Crippen LogP contribution in [-0.2, 0) is 16.8 Å². The number of thiazole rings is 1. The first-order chi connectivity index (χ1) is 12.1. The highest BCUT2D eigenvalue weighted by molar-refractivity contribution is 7.09. The highest BCUT2D eigenvalue weighted by Gasteiger charge is 2.55. The lowest BCUT2D eigenvalue weighted by Gasteiger charge is -2.22. The molecule has 1 aromatic heterocycles. The zero-order valence-electron chi connectivity index (χ0n) is 13.2. The van der Waals surface area contributed by atoms with Crippen LogP contribution in [0.3, 0.4) is 0 Å². The standard InChI is InChI=1S/C17H15N5O2S/c18-8-11-7-17(12-3-1-2-4-13(12)21-15(17)23)10-22(11)16(24)20-9-14-19-5-6-25-14/h1-6,11H,7,9-10H2,(H,20,24)(H,21,23)/t11?,17-/m0/s1. The van der Waals surface area contributed by atoms with E-state index in [9.17, 15) is 14.9 Å². The van der Waals surface area contributed by atoms with Crippen molar-refractivity contribution in [2.45, 2.75) is 24.4 Å². The van der Waals surface area contributed by atoms with E-state index >= 15 is 0 Å². The summed E-state index contributed by atoms with van der Waals surface area (Å²) in [6.45, 7) is 0.499. The van der Waals surface area contributed by atoms with E-state index in [1.54, 1.807) is 6.20 Å². The van der Waals surface area contributed by atoms with E-state index in [-0.39, 0.29) is 18.5 Å². The van der Waals surface area contributed by atoms with Crippen molar-refractivity contribution in [3.63, 3.8) is 0 Å². The smallest absolute Gasteiger partial charge is 0.318 e. The van der Waals surface area contributed by atoms with Crippen LogP contribution in [0.1, 0.15) is 17.0 Å². The number of urea groups is 1. The predicted molar refractivity (Wildman–Crippen MR) is 91.8 cm³/mol. The summed E-state index contributed by atoms with van der Waals surface area (Å²) in [5.41, 5.74) is 0.764. The van der Waals surface area contributed by atoms with Crippen LogP contribution in [0.15, 0.2) is 35.8 Å². The number of fused-ring (bicyclic) bond motifs is 2. The molecule has 1 fully saturated rings. The molecule has 3 amide bonds. The highest BCUT2D eigenvalue weighted by Crippen LogP contribution is 2.46. The van der Waals surface area contributed by atoms with Crippen LogP contribution in [-0.4, -0.2) is 34.4 Å². The van der Waals surface area contributed by atoms with Crippen molar-refractivity contribution < 1.29 is 9.59 Å². The number of likely N-dealkylation sites (tertiary alicyclic amines) is 1. The minimum Gasteiger partial charge on any atom is -0.331 e. The number of aromatic nitrogens is 1. The molecule has 4 rings (SSSR count). The largest absolute Gasteiger partial charge is 0.331 e. The molecule has 2 aliphatic heterocycles. The van der Waals surface area contributed by atoms with Gasteiger partial charge in [-0.2, -0.15) is 5.26 Å². The summed E-state index contributed by atoms with van der Waals surface area (Å²) in [7, 11) is 0. The summed E-state index contributed by atoms with van der Waals surface area (Å²) in [6.07, 6.45) is 1.98. The first-order valence-corrected chi connectivity index (χ1v) is 8.75. The van der Waals surface area contributed by atoms with Gasteiger partial charge in [0.2, 0.25) is 5.91 Å². The normalized spacial score (nSPS) is 24.0. The van der Waals surface area contributed by atoms with E-state index in [0.717, 1.165) is 16.3 Å². The van der Waals surface area contributed by atoms with Crippen LogP contribution in [0.4, 0.5) is 10.5 Å². The maximum atomic E-state index is 12.6. The number of hydrogen-bond acceptors (Lipinski definition) is 5. The fourth-order valence-corrected chi connectivity index (χ4v) is 4.12. The van der Waals surface area contributed by atoms with Gasteiger partial charge in [0.15, 0.2) is 0 Å². The van der Waals surface area contributed by atoms with Crippen molar-refractivity contribution in [2.75, 3.05) is 11.9 Å². The van der Waals surface area contributed by atoms with Gasteiger partial charge in [0.1, 0.15) is 11.0 Å². The number of para-hydroxylation sites is 1. The van der Waals surface area contributed by atoms with Crippen molar-refractivity contribution in [1.82, 2.24) is 15.2 Å². The third-order valence-electron chi connectivity index (χ3n) is 4.77. The Kier molecular flexibility index (Phi) is 3.66. The molecule has 1 spiro atoms. The van der Waals surface area contributed by atoms with Gasteiger partial charge in [-0.25, -0.2) is 9.78 Å². The molecule has 0 aliphatic carbocycles. The number of benzene rings is 1. The number of nitrogens with one attached hydrogen (secondary N) is 2. The fraction of sp³-hybridized carbons (Fsp3) is 0.294. The second kappa shape index (κ2) is 5.86. The average Bonchev–Trinajstić information content (AvgIpc) is 3.33. The van der Waals surface area contributed by atoms with Crippen LogP contribution in [0.25, 0.3) is 0 Å². The van der Waals surface area contributed by atoms with Gasteiger partial charge < -0.3 is 15.5 Å². The van der Waals surface area contributed by atoms with E-state index < -0.39 is 11.5 Å². The number of anilines is 1. The van der Waals surface area contributed by atoms with Gasteiger partial charge in [0, 0.05) is 30.2 Å². The van der Waals surface area contributed by atoms with E-state index in [1.807, 2.05) is 29.6 Å². The van der Waals surface area contributed by atoms with Gasteiger partial charge >= 0.3 is 6.03 Å². The van der Waals surface area contributed by atoms with Gasteiger partial charge in [0.25, 0.3) is 0 Å². The lowest BCUT2D eigenvalue weighted by Crippen LogP contribution is -2.44. The van der Waals surface area contributed by atoms with Crippen molar-refractivity contribution >= 4 is 29.0 Å². The number of carbonyl (C=O) groups is 2. The summed E-state index contributed by atoms with van der Waals surface area (Å²) >= 11 is 1.45. The molecule has 1 saturated heterocycles. The minimum atomic E-state index is -0.852. The Labute approximate surface area is 148 Å². The lowest BCUT2D eigenvalue weighted by molar-refractivity contribution is -0.120. The summed E-state index contributed by atoms with van der Waals surface area (Å²) in [5, 5.41) is 17.8. The van der Waals surface area contributed by atoms with Crippen LogP contribution in [0.2, 0.25) is 0 Å². The third kappa shape index (κ3) is 2.44. The average molecular weight is 353 g/mol. The van der Waals surface area contributed by atoms with Crippen molar-refractivity contribution in [1.29, 1.82) is 5.26 Å². The van der Waals surface area contributed by atoms with Crippen LogP contribution >= 0.6 is 11.3 Å². The lowest BCUT2D eigenvalue weighted by atomic mass is 9.80. The van der Waals surface area contributed by atoms with Crippen LogP contribution in [0, 0.1) is 11.3 Å². The molecule has 126 valence electrons. The SMILES string of the molecule is N#CC1C[C@@]2(CN1C(=O)NCc1nccs1)C(=O)Nc1ccccc12. The summed E-state index contributed by atoms with van der Waals surface area (Å²) < 4.78 is 0. The Bertz CT molecular complexity index is 875. The highest BCUT2D eigenvalue weighted by atomic mass is 32.1. The molecule has 1 unspecified atom stereocenters. The minimum absolute atomic E-state index is 0.149. The van der Waals surface area contributed by atoms with Gasteiger partial charge in [-0.3, -0.25) is 4.79 Å². The second-order valence-electron chi connectivity index (χ2n) is 6.14. The molecule has 1 aromatic carbocycles. The Morgan fingerprint density at radius 2 is 2.36 bits per heavy atom. The number of carbonyl (C=O) groups excluding carboxylic acids is 2. The molecule has 25 heavy (non-hydrogen) atoms. The molecule has 7 nitrogen and oxygen atoms in total. The number of rotatable bonds is 2. The van der Waals surface area contributed by atoms with Gasteiger partial charge in [-0.1, -0.05) is 18.2 Å². The van der Waals surface area contributed by atoms with Crippen molar-refractivity contribution in [3.05, 3.63) is 46.4 Å². The molecule has 0 bridgehead atoms. The molecule has 2 atom stereocenters. The fourth-order valence-electron chi connectivity index (χ4n) is 3.56. The molecule has 3 heterocycles. The number of amides is 3. The third-order valence-corrected chi connectivity index (χ3v) is 5.55. The van der Waals surface area contributed by atoms with Gasteiger partial charge in [-0.05, 0) is 11.6 Å². The maximum absolute atomic E-state index is 12.6. The van der Waals surface area contributed by atoms with E-state index in [4.69, 9.17) is 0 Å². The van der Waals surface area contributed by atoms with E-state index in [2.05, 4.69) is 21.7 Å². The summed E-state index contributed by atoms with van der Waals surface area (Å²) in [5.74, 6) is -0.149. The molecule has 2 aliphatic rings. The topological polar surface area (TPSA) is 98.1 Å². The molecule has 0 saturated carbocycles. The predicted octanol–water partition coefficient (Wildman–Crippen LogP) is 1.84. The molecular formula is C17H15N5O2S. The van der Waals surface area contributed by atoms with Crippen LogP contribution < -0.4 is 10.6 Å². The number of hydrogen-bond donors (Lipinski definition) is 2. The zero-order chi connectivity index (χ0) is 17.4. The van der Waals surface area contributed by atoms with E-state index in [1.165, 1.54) is 16.2 Å². The Balaban J connectivity index is 1.58. The quantitative estimate of drug-likeness (QED) is 0.861. The van der Waals surface area contributed by atoms with Crippen LogP contribution in [0.5, 0.6) is 0 Å². The Morgan fingerprint density at radius 3 is 3.12 bits per heavy atom. The molecule has 8 heteroatoms. The molecule has 2 N–H and O–H groups in total. The number of nitrogens with zero attached hydrogens (tertiary/aromatic N) is 3. The Morgan fingerprint density at radius 1 is 1.52 bits per heavy atom. The number of nitriles is 1. The van der Waals surface area contributed by atoms with Crippen molar-refractivity contribution in [3.8, 4) is 6.07 Å². The molecule has 0 radical (unpaired) electrons. The molecule has 2 aromatic rings. The van der Waals surface area contributed by atoms with E-state index in [0.29, 0.717) is 13.0 Å². The maximum Gasteiger partial charge on any atom is 0.318 e. The van der Waals surface area contributed by atoms with Crippen molar-refractivity contribution in [2.24, 2.45) is 0 Å². The summed E-state index contributed by atoms with van der Waals surface area (Å²) in [6, 6.07) is 8.62. The summed E-state index contributed by atoms with van der Waals surface area (Å²) in [4.78, 5) is 30.8. The Hall–Kier alpha value is -2.92. The zero-order valence-corrected chi connectivity index (χ0v) is 14.0. The second-order valence-corrected chi connectivity index (χ2v) is 7.12. The first-order valence-electron chi connectivity index (χ1n) is 7.87. The van der Waals surface area contributed by atoms with Gasteiger partial charge in [0.05, 0.1) is 18.0 Å². The van der Waals surface area contributed by atoms with Gasteiger partial charge in [-0.15, -0.1) is 11.3 Å². The molecular weight excluding hydrogens is 338 g/mol. The monoisotopic (exact) mass is 353 g/mol. The first kappa shape index (κ1) is 15.6.